The van der Waals surface area contributed by atoms with E-state index in [2.05, 4.69) is 20.6 Å². The molecule has 0 bridgehead atoms. The van der Waals surface area contributed by atoms with Crippen molar-refractivity contribution < 1.29 is 0 Å². The second-order valence-corrected chi connectivity index (χ2v) is 3.85. The molecule has 1 aromatic heterocycles. The molecule has 14 heavy (non-hydrogen) atoms. The van der Waals surface area contributed by atoms with Crippen molar-refractivity contribution in [3.8, 4) is 0 Å². The summed E-state index contributed by atoms with van der Waals surface area (Å²) in [5.74, 6) is 2.53. The van der Waals surface area contributed by atoms with E-state index in [1.807, 2.05) is 19.9 Å². The molecule has 2 N–H and O–H groups in total. The highest BCUT2D eigenvalue weighted by Gasteiger charge is 2.15. The number of nitrogens with zero attached hydrogens (tertiary/aromatic N) is 2. The van der Waals surface area contributed by atoms with Gasteiger partial charge in [0.2, 0.25) is 0 Å². The highest BCUT2D eigenvalue weighted by Crippen LogP contribution is 2.08. The Morgan fingerprint density at radius 2 is 2.21 bits per heavy atom. The van der Waals surface area contributed by atoms with Gasteiger partial charge in [-0.15, -0.1) is 0 Å². The summed E-state index contributed by atoms with van der Waals surface area (Å²) in [7, 11) is 0. The number of aromatic nitrogens is 2. The normalized spacial score (nSPS) is 16.4. The molecule has 0 spiro atoms. The lowest BCUT2D eigenvalue weighted by Crippen LogP contribution is -2.45. The van der Waals surface area contributed by atoms with Crippen molar-refractivity contribution in [2.24, 2.45) is 5.92 Å². The average molecular weight is 192 g/mol. The van der Waals surface area contributed by atoms with Gasteiger partial charge in [0.1, 0.15) is 11.6 Å². The predicted molar refractivity (Wildman–Crippen MR) is 56.4 cm³/mol. The Labute approximate surface area is 84.2 Å². The number of nitrogens with one attached hydrogen (secondary N) is 2. The summed E-state index contributed by atoms with van der Waals surface area (Å²) in [6.45, 7) is 7.16. The number of aryl methyl sites for hydroxylation is 2. The van der Waals surface area contributed by atoms with E-state index in [-0.39, 0.29) is 0 Å². The minimum absolute atomic E-state index is 0.755. The molecule has 2 heterocycles. The molecule has 4 nitrogen and oxygen atoms in total. The number of rotatable bonds is 3. The van der Waals surface area contributed by atoms with Gasteiger partial charge >= 0.3 is 0 Å². The van der Waals surface area contributed by atoms with Crippen molar-refractivity contribution in [3.63, 3.8) is 0 Å². The largest absolute Gasteiger partial charge is 0.370 e. The first-order chi connectivity index (χ1) is 6.74. The minimum atomic E-state index is 0.755. The molecule has 0 saturated carbocycles. The summed E-state index contributed by atoms with van der Waals surface area (Å²) in [4.78, 5) is 8.55. The van der Waals surface area contributed by atoms with Gasteiger partial charge in [-0.25, -0.2) is 9.97 Å². The Kier molecular flexibility index (Phi) is 2.63. The third-order valence-electron chi connectivity index (χ3n) is 2.40. The lowest BCUT2D eigenvalue weighted by Gasteiger charge is -2.27. The zero-order valence-electron chi connectivity index (χ0n) is 8.67. The summed E-state index contributed by atoms with van der Waals surface area (Å²) in [6.07, 6.45) is 0. The Hall–Kier alpha value is -1.16. The summed E-state index contributed by atoms with van der Waals surface area (Å²) >= 11 is 0. The zero-order chi connectivity index (χ0) is 9.97. The summed E-state index contributed by atoms with van der Waals surface area (Å²) < 4.78 is 0. The van der Waals surface area contributed by atoms with Crippen LogP contribution in [0.4, 0.5) is 5.82 Å². The molecule has 0 unspecified atom stereocenters. The average Bonchev–Trinajstić information content (AvgIpc) is 1.99. The van der Waals surface area contributed by atoms with Crippen molar-refractivity contribution in [3.05, 3.63) is 17.6 Å². The molecule has 1 aromatic rings. The quantitative estimate of drug-likeness (QED) is 0.741. The van der Waals surface area contributed by atoms with Crippen LogP contribution in [0, 0.1) is 19.8 Å². The fraction of sp³-hybridized carbons (Fsp3) is 0.600. The smallest absolute Gasteiger partial charge is 0.129 e. The fourth-order valence-corrected chi connectivity index (χ4v) is 1.55. The van der Waals surface area contributed by atoms with E-state index in [0.717, 1.165) is 42.9 Å². The van der Waals surface area contributed by atoms with E-state index in [1.54, 1.807) is 0 Å². The van der Waals surface area contributed by atoms with Crippen molar-refractivity contribution in [1.29, 1.82) is 0 Å². The predicted octanol–water partition coefficient (Wildman–Crippen LogP) is 0.725. The third kappa shape index (κ3) is 2.20. The standard InChI is InChI=1S/C10H16N4/c1-7-3-10(14-8(2)13-7)12-6-9-4-11-5-9/h3,9,11H,4-6H2,1-2H3,(H,12,13,14). The van der Waals surface area contributed by atoms with E-state index in [0.29, 0.717) is 0 Å². The lowest BCUT2D eigenvalue weighted by atomic mass is 10.0. The first-order valence-electron chi connectivity index (χ1n) is 5.01. The van der Waals surface area contributed by atoms with Gasteiger partial charge in [0.25, 0.3) is 0 Å². The maximum atomic E-state index is 4.32. The first kappa shape index (κ1) is 9.40. The third-order valence-corrected chi connectivity index (χ3v) is 2.40. The topological polar surface area (TPSA) is 49.8 Å². The van der Waals surface area contributed by atoms with Crippen LogP contribution >= 0.6 is 0 Å². The van der Waals surface area contributed by atoms with Gasteiger partial charge in [0.05, 0.1) is 0 Å². The number of hydrogen-bond acceptors (Lipinski definition) is 4. The second-order valence-electron chi connectivity index (χ2n) is 3.85. The first-order valence-corrected chi connectivity index (χ1v) is 5.01. The molecule has 2 rings (SSSR count). The van der Waals surface area contributed by atoms with Gasteiger partial charge in [0, 0.05) is 37.3 Å². The van der Waals surface area contributed by atoms with Crippen LogP contribution in [0.2, 0.25) is 0 Å². The number of anilines is 1. The summed E-state index contributed by atoms with van der Waals surface area (Å²) in [5.41, 5.74) is 1.02. The van der Waals surface area contributed by atoms with Gasteiger partial charge in [0.15, 0.2) is 0 Å². The Bertz CT molecular complexity index is 300. The minimum Gasteiger partial charge on any atom is -0.370 e. The highest BCUT2D eigenvalue weighted by molar-refractivity contribution is 5.35. The maximum Gasteiger partial charge on any atom is 0.129 e. The van der Waals surface area contributed by atoms with E-state index < -0.39 is 0 Å². The van der Waals surface area contributed by atoms with Crippen LogP contribution in [0.1, 0.15) is 11.5 Å². The van der Waals surface area contributed by atoms with Crippen molar-refractivity contribution in [2.75, 3.05) is 25.0 Å². The second kappa shape index (κ2) is 3.92. The fourth-order valence-electron chi connectivity index (χ4n) is 1.55. The van der Waals surface area contributed by atoms with Gasteiger partial charge in [-0.1, -0.05) is 0 Å². The van der Waals surface area contributed by atoms with Crippen LogP contribution in [0.3, 0.4) is 0 Å². The molecule has 1 aliphatic heterocycles. The lowest BCUT2D eigenvalue weighted by molar-refractivity contribution is 0.365. The molecule has 1 saturated heterocycles. The SMILES string of the molecule is Cc1cc(NCC2CNC2)nc(C)n1. The van der Waals surface area contributed by atoms with Gasteiger partial charge in [-0.2, -0.15) is 0 Å². The van der Waals surface area contributed by atoms with Gasteiger partial charge in [-0.05, 0) is 13.8 Å². The molecule has 0 aliphatic carbocycles. The van der Waals surface area contributed by atoms with Crippen LogP contribution in [0.5, 0.6) is 0 Å². The van der Waals surface area contributed by atoms with E-state index >= 15 is 0 Å². The maximum absolute atomic E-state index is 4.32. The van der Waals surface area contributed by atoms with Crippen LogP contribution in [-0.2, 0) is 0 Å². The Balaban J connectivity index is 1.94. The zero-order valence-corrected chi connectivity index (χ0v) is 8.67. The van der Waals surface area contributed by atoms with E-state index in [9.17, 15) is 0 Å². The van der Waals surface area contributed by atoms with Gasteiger partial charge in [-0.3, -0.25) is 0 Å². The van der Waals surface area contributed by atoms with Crippen molar-refractivity contribution >= 4 is 5.82 Å². The molecular formula is C10H16N4. The molecule has 1 fully saturated rings. The monoisotopic (exact) mass is 192 g/mol. The molecule has 0 aromatic carbocycles. The highest BCUT2D eigenvalue weighted by atomic mass is 15.1. The van der Waals surface area contributed by atoms with Gasteiger partial charge < -0.3 is 10.6 Å². The van der Waals surface area contributed by atoms with Crippen molar-refractivity contribution in [1.82, 2.24) is 15.3 Å². The molecular weight excluding hydrogens is 176 g/mol. The molecule has 4 heteroatoms. The Morgan fingerprint density at radius 3 is 2.79 bits per heavy atom. The van der Waals surface area contributed by atoms with Crippen LogP contribution in [0.25, 0.3) is 0 Å². The van der Waals surface area contributed by atoms with E-state index in [4.69, 9.17) is 0 Å². The molecule has 76 valence electrons. The van der Waals surface area contributed by atoms with Crippen LogP contribution in [-0.4, -0.2) is 29.6 Å². The Morgan fingerprint density at radius 1 is 1.43 bits per heavy atom. The molecule has 0 amide bonds. The molecule has 1 aliphatic rings. The molecule has 0 atom stereocenters. The summed E-state index contributed by atoms with van der Waals surface area (Å²) in [5, 5.41) is 6.58. The van der Waals surface area contributed by atoms with Crippen LogP contribution in [0.15, 0.2) is 6.07 Å². The van der Waals surface area contributed by atoms with Crippen LogP contribution < -0.4 is 10.6 Å². The van der Waals surface area contributed by atoms with E-state index in [1.165, 1.54) is 0 Å². The summed E-state index contributed by atoms with van der Waals surface area (Å²) in [6, 6.07) is 1.99. The molecule has 0 radical (unpaired) electrons. The number of hydrogen-bond donors (Lipinski definition) is 2. The van der Waals surface area contributed by atoms with Crippen molar-refractivity contribution in [2.45, 2.75) is 13.8 Å².